The van der Waals surface area contributed by atoms with E-state index in [1.54, 1.807) is 0 Å². The number of hydrogen-bond acceptors (Lipinski definition) is 0. The van der Waals surface area contributed by atoms with Gasteiger partial charge in [-0.2, -0.15) is 0 Å². The molecule has 16 rings (SSSR count). The minimum atomic E-state index is 1.25. The van der Waals surface area contributed by atoms with Crippen molar-refractivity contribution in [1.82, 2.24) is 0 Å². The first-order chi connectivity index (χ1) is 49.3. The van der Waals surface area contributed by atoms with Gasteiger partial charge in [0.2, 0.25) is 0 Å². The Morgan fingerprint density at radius 2 is 0.330 bits per heavy atom. The fourth-order valence-corrected chi connectivity index (χ4v) is 13.0. The van der Waals surface area contributed by atoms with Crippen LogP contribution in [0.15, 0.2) is 413 Å². The molecule has 0 aliphatic rings. The quantitative estimate of drug-likeness (QED) is 0.114. The molecule has 0 atom stereocenters. The number of hydrogen-bond donors (Lipinski definition) is 0. The molecule has 0 spiro atoms. The lowest BCUT2D eigenvalue weighted by atomic mass is 9.91. The van der Waals surface area contributed by atoms with Crippen molar-refractivity contribution in [2.24, 2.45) is 0 Å². The molecule has 0 saturated carbocycles. The van der Waals surface area contributed by atoms with Crippen molar-refractivity contribution in [2.75, 3.05) is 0 Å². The van der Waals surface area contributed by atoms with E-state index in [-0.39, 0.29) is 0 Å². The maximum absolute atomic E-state index is 2.28. The van der Waals surface area contributed by atoms with Crippen LogP contribution in [0.2, 0.25) is 0 Å². The second-order valence-electron chi connectivity index (χ2n) is 25.4. The summed E-state index contributed by atoms with van der Waals surface area (Å²) in [7, 11) is 0. The van der Waals surface area contributed by atoms with Gasteiger partial charge in [0.15, 0.2) is 0 Å². The first-order valence-corrected chi connectivity index (χ1v) is 34.5. The Kier molecular flexibility index (Phi) is 21.5. The van der Waals surface area contributed by atoms with Gasteiger partial charge in [0.25, 0.3) is 0 Å². The van der Waals surface area contributed by atoms with Crippen LogP contribution in [0.4, 0.5) is 0 Å². The molecule has 0 fully saturated rings. The average Bonchev–Trinajstić information content (AvgIpc) is 0.859. The summed E-state index contributed by atoms with van der Waals surface area (Å²) in [4.78, 5) is 0. The molecule has 0 heterocycles. The fraction of sp³-hybridized carbons (Fsp3) is 0.0400. The summed E-state index contributed by atoms with van der Waals surface area (Å²) in [5, 5.41) is 0. The second-order valence-corrected chi connectivity index (χ2v) is 25.4. The van der Waals surface area contributed by atoms with E-state index in [0.29, 0.717) is 0 Å². The van der Waals surface area contributed by atoms with Gasteiger partial charge >= 0.3 is 0 Å². The predicted molar refractivity (Wildman–Crippen MR) is 430 cm³/mol. The number of benzene rings is 16. The standard InChI is InChI=1S/4C25H20/c1-19-9-5-6-12-23(19)25-14-8-7-13-24(25)22-17-15-21(16-18-22)20-10-3-2-4-11-20;1-19-8-7-11-23(18-19)25-13-6-5-12-24(25)22-16-14-21(15-17-22)20-9-3-2-4-10-20;1-19-8-5-6-13-25(19)24-12-7-11-23(18-24)22-16-14-21(15-17-22)20-9-3-2-4-10-20;1-19-11-13-22(14-12-19)24-9-5-6-10-25(24)23-17-15-21(16-18-23)20-7-3-2-4-8-20/h4*2-18H,1H3. The molecule has 0 radical (unpaired) electrons. The van der Waals surface area contributed by atoms with E-state index < -0.39 is 0 Å². The third kappa shape index (κ3) is 16.5. The molecular formula is C100H80. The van der Waals surface area contributed by atoms with Crippen LogP contribution in [0.25, 0.3) is 134 Å². The summed E-state index contributed by atoms with van der Waals surface area (Å²) < 4.78 is 0. The van der Waals surface area contributed by atoms with Crippen molar-refractivity contribution in [3.8, 4) is 134 Å². The maximum atomic E-state index is 2.28. The zero-order valence-corrected chi connectivity index (χ0v) is 57.3. The van der Waals surface area contributed by atoms with Gasteiger partial charge in [-0.05, 0) is 178 Å². The lowest BCUT2D eigenvalue weighted by molar-refractivity contribution is 1.45. The Morgan fingerprint density at radius 1 is 0.110 bits per heavy atom. The molecular weight excluding hydrogens is 1200 g/mol. The number of rotatable bonds is 12. The molecule has 100 heavy (non-hydrogen) atoms. The van der Waals surface area contributed by atoms with E-state index in [4.69, 9.17) is 0 Å². The molecule has 0 nitrogen and oxygen atoms in total. The Balaban J connectivity index is 0.000000119. The SMILES string of the molecule is Cc1ccc(-c2ccccc2-c2ccc(-c3ccccc3)cc2)cc1.Cc1cccc(-c2ccccc2-c2ccc(-c3ccccc3)cc2)c1.Cc1ccccc1-c1cccc(-c2ccc(-c3ccccc3)cc2)c1.Cc1ccccc1-c1ccccc1-c1ccc(-c2ccccc2)cc1. The van der Waals surface area contributed by atoms with Crippen molar-refractivity contribution in [2.45, 2.75) is 27.7 Å². The highest BCUT2D eigenvalue weighted by Gasteiger charge is 2.13. The molecule has 0 N–H and O–H groups in total. The van der Waals surface area contributed by atoms with E-state index in [2.05, 4.69) is 440 Å². The lowest BCUT2D eigenvalue weighted by Crippen LogP contribution is -1.88. The van der Waals surface area contributed by atoms with Crippen LogP contribution in [0.3, 0.4) is 0 Å². The van der Waals surface area contributed by atoms with E-state index in [0.717, 1.165) is 0 Å². The molecule has 0 bridgehead atoms. The van der Waals surface area contributed by atoms with Crippen LogP contribution in [-0.2, 0) is 0 Å². The third-order valence-electron chi connectivity index (χ3n) is 18.5. The highest BCUT2D eigenvalue weighted by molar-refractivity contribution is 5.88. The van der Waals surface area contributed by atoms with E-state index >= 15 is 0 Å². The minimum Gasteiger partial charge on any atom is -0.0622 e. The predicted octanol–water partition coefficient (Wildman–Crippen LogP) is 28.0. The molecule has 480 valence electrons. The van der Waals surface area contributed by atoms with Crippen LogP contribution in [0.5, 0.6) is 0 Å². The van der Waals surface area contributed by atoms with E-state index in [1.807, 2.05) is 0 Å². The Labute approximate surface area is 592 Å². The van der Waals surface area contributed by atoms with E-state index in [9.17, 15) is 0 Å². The molecule has 0 aromatic heterocycles. The third-order valence-corrected chi connectivity index (χ3v) is 18.5. The van der Waals surface area contributed by atoms with Crippen LogP contribution in [0, 0.1) is 27.7 Å². The molecule has 0 saturated heterocycles. The van der Waals surface area contributed by atoms with Gasteiger partial charge in [0, 0.05) is 0 Å². The van der Waals surface area contributed by atoms with Crippen LogP contribution in [-0.4, -0.2) is 0 Å². The summed E-state index contributed by atoms with van der Waals surface area (Å²) in [6.07, 6.45) is 0. The summed E-state index contributed by atoms with van der Waals surface area (Å²) >= 11 is 0. The van der Waals surface area contributed by atoms with Gasteiger partial charge in [0.05, 0.1) is 0 Å². The molecule has 0 amide bonds. The molecule has 16 aromatic rings. The highest BCUT2D eigenvalue weighted by atomic mass is 14.2. The summed E-state index contributed by atoms with van der Waals surface area (Å²) in [6, 6.07) is 147. The van der Waals surface area contributed by atoms with Crippen molar-refractivity contribution >= 4 is 0 Å². The Morgan fingerprint density at radius 3 is 0.680 bits per heavy atom. The Bertz CT molecular complexity index is 5250. The largest absolute Gasteiger partial charge is 0.0622 e. The molecule has 0 unspecified atom stereocenters. The van der Waals surface area contributed by atoms with Gasteiger partial charge in [-0.25, -0.2) is 0 Å². The summed E-state index contributed by atoms with van der Waals surface area (Å²) in [5.74, 6) is 0. The van der Waals surface area contributed by atoms with Crippen molar-refractivity contribution < 1.29 is 0 Å². The van der Waals surface area contributed by atoms with Gasteiger partial charge in [-0.3, -0.25) is 0 Å². The normalized spacial score (nSPS) is 10.6. The molecule has 16 aromatic carbocycles. The molecule has 0 heteroatoms. The van der Waals surface area contributed by atoms with Crippen LogP contribution >= 0.6 is 0 Å². The average molecular weight is 1280 g/mol. The maximum Gasteiger partial charge on any atom is -0.0103 e. The molecule has 0 aliphatic heterocycles. The number of aryl methyl sites for hydroxylation is 4. The van der Waals surface area contributed by atoms with Crippen molar-refractivity contribution in [3.63, 3.8) is 0 Å². The summed E-state index contributed by atoms with van der Waals surface area (Å²) in [5.41, 5.74) is 35.4. The van der Waals surface area contributed by atoms with Crippen molar-refractivity contribution in [3.05, 3.63) is 435 Å². The first kappa shape index (κ1) is 66.1. The zero-order chi connectivity index (χ0) is 68.2. The van der Waals surface area contributed by atoms with E-state index in [1.165, 1.54) is 156 Å². The topological polar surface area (TPSA) is 0 Å². The second kappa shape index (κ2) is 32.5. The Hall–Kier alpha value is -12.5. The van der Waals surface area contributed by atoms with Gasteiger partial charge in [0.1, 0.15) is 0 Å². The summed E-state index contributed by atoms with van der Waals surface area (Å²) in [6.45, 7) is 8.60. The van der Waals surface area contributed by atoms with Gasteiger partial charge in [-0.1, -0.05) is 418 Å². The lowest BCUT2D eigenvalue weighted by Gasteiger charge is -2.13. The van der Waals surface area contributed by atoms with Crippen LogP contribution < -0.4 is 0 Å². The van der Waals surface area contributed by atoms with Gasteiger partial charge in [-0.15, -0.1) is 0 Å². The molecule has 0 aliphatic carbocycles. The minimum absolute atomic E-state index is 1.25. The van der Waals surface area contributed by atoms with Crippen LogP contribution in [0.1, 0.15) is 22.3 Å². The first-order valence-electron chi connectivity index (χ1n) is 34.5. The zero-order valence-electron chi connectivity index (χ0n) is 57.3. The smallest absolute Gasteiger partial charge is 0.0103 e. The van der Waals surface area contributed by atoms with Crippen molar-refractivity contribution in [1.29, 1.82) is 0 Å². The van der Waals surface area contributed by atoms with Gasteiger partial charge < -0.3 is 0 Å². The monoisotopic (exact) mass is 1280 g/mol. The fourth-order valence-electron chi connectivity index (χ4n) is 13.0. The highest BCUT2D eigenvalue weighted by Crippen LogP contribution is 2.38.